The number of carbonyl (C=O) groups is 1. The van der Waals surface area contributed by atoms with E-state index in [1.165, 1.54) is 12.1 Å². The molecule has 0 unspecified atom stereocenters. The second-order valence-electron chi connectivity index (χ2n) is 7.31. The van der Waals surface area contributed by atoms with Gasteiger partial charge in [0.2, 0.25) is 0 Å². The van der Waals surface area contributed by atoms with E-state index in [1.807, 2.05) is 30.3 Å². The number of amides is 1. The summed E-state index contributed by atoms with van der Waals surface area (Å²) in [6.45, 7) is 0. The summed E-state index contributed by atoms with van der Waals surface area (Å²) in [5.41, 5.74) is 1.75. The van der Waals surface area contributed by atoms with Crippen LogP contribution in [-0.4, -0.2) is 10.8 Å². The molecule has 0 bridgehead atoms. The molecule has 1 aliphatic heterocycles. The predicted octanol–water partition coefficient (Wildman–Crippen LogP) is 8.11. The number of nitro groups is 1. The number of nitro benzene ring substituents is 1. The Hall–Kier alpha value is -3.33. The summed E-state index contributed by atoms with van der Waals surface area (Å²) >= 11 is 11.1. The monoisotopic (exact) mass is 552 g/mol. The highest BCUT2D eigenvalue weighted by Gasteiger charge is 2.27. The minimum Gasteiger partial charge on any atom is -0.456 e. The van der Waals surface area contributed by atoms with E-state index in [0.29, 0.717) is 32.3 Å². The molecular weight excluding hydrogens is 540 g/mol. The fraction of sp³-hybridized carbons (Fsp3) is 0. The first kappa shape index (κ1) is 22.5. The van der Waals surface area contributed by atoms with Gasteiger partial charge in [-0.2, -0.15) is 0 Å². The van der Waals surface area contributed by atoms with Crippen molar-refractivity contribution in [2.75, 3.05) is 4.90 Å². The average molecular weight is 554 g/mol. The van der Waals surface area contributed by atoms with Crippen LogP contribution in [0.5, 0.6) is 0 Å². The fourth-order valence-corrected chi connectivity index (χ4v) is 5.20. The fourth-order valence-electron chi connectivity index (χ4n) is 3.64. The van der Waals surface area contributed by atoms with E-state index in [4.69, 9.17) is 16.0 Å². The molecule has 0 fully saturated rings. The highest BCUT2D eigenvalue weighted by molar-refractivity contribution is 9.10. The van der Waals surface area contributed by atoms with E-state index in [2.05, 4.69) is 15.9 Å². The lowest BCUT2D eigenvalue weighted by Gasteiger charge is -2.30. The lowest BCUT2D eigenvalue weighted by atomic mass is 10.1. The average Bonchev–Trinajstić information content (AvgIpc) is 3.30. The van der Waals surface area contributed by atoms with Gasteiger partial charge < -0.3 is 4.42 Å². The van der Waals surface area contributed by atoms with Gasteiger partial charge in [-0.05, 0) is 60.7 Å². The molecule has 3 aromatic carbocycles. The lowest BCUT2D eigenvalue weighted by molar-refractivity contribution is -0.384. The van der Waals surface area contributed by atoms with Gasteiger partial charge >= 0.3 is 0 Å². The molecule has 0 spiro atoms. The largest absolute Gasteiger partial charge is 0.456 e. The molecule has 1 aromatic heterocycles. The van der Waals surface area contributed by atoms with Crippen molar-refractivity contribution in [2.45, 2.75) is 9.79 Å². The number of hydrogen-bond donors (Lipinski definition) is 0. The van der Waals surface area contributed by atoms with E-state index in [9.17, 15) is 14.9 Å². The normalized spacial score (nSPS) is 12.5. The third-order valence-electron chi connectivity index (χ3n) is 5.15. The number of furan rings is 1. The Morgan fingerprint density at radius 2 is 1.82 bits per heavy atom. The highest BCUT2D eigenvalue weighted by atomic mass is 79.9. The maximum atomic E-state index is 13.3. The molecule has 0 saturated carbocycles. The number of para-hydroxylation sites is 1. The zero-order valence-corrected chi connectivity index (χ0v) is 20.4. The molecule has 0 radical (unpaired) electrons. The number of nitrogens with zero attached hydrogens (tertiary/aromatic N) is 2. The van der Waals surface area contributed by atoms with Crippen molar-refractivity contribution in [3.63, 3.8) is 0 Å². The van der Waals surface area contributed by atoms with E-state index >= 15 is 0 Å². The third-order valence-corrected chi connectivity index (χ3v) is 7.01. The minimum atomic E-state index is -0.462. The molecule has 5 rings (SSSR count). The zero-order chi connectivity index (χ0) is 23.8. The van der Waals surface area contributed by atoms with Gasteiger partial charge in [-0.15, -0.1) is 0 Å². The van der Waals surface area contributed by atoms with Crippen LogP contribution in [0, 0.1) is 10.1 Å². The van der Waals surface area contributed by atoms with Gasteiger partial charge in [0, 0.05) is 31.4 Å². The second kappa shape index (κ2) is 9.13. The van der Waals surface area contributed by atoms with Gasteiger partial charge in [0.25, 0.3) is 11.6 Å². The maximum Gasteiger partial charge on any atom is 0.281 e. The smallest absolute Gasteiger partial charge is 0.281 e. The van der Waals surface area contributed by atoms with E-state index in [-0.39, 0.29) is 11.6 Å². The van der Waals surface area contributed by atoms with E-state index < -0.39 is 4.92 Å². The summed E-state index contributed by atoms with van der Waals surface area (Å²) in [6.07, 6.45) is 2.96. The molecule has 0 saturated heterocycles. The molecule has 168 valence electrons. The van der Waals surface area contributed by atoms with Crippen LogP contribution in [0.25, 0.3) is 17.4 Å². The van der Waals surface area contributed by atoms with Crippen molar-refractivity contribution in [1.82, 2.24) is 0 Å². The summed E-state index contributed by atoms with van der Waals surface area (Å²) in [6, 6.07) is 21.2. The maximum absolute atomic E-state index is 13.3. The molecule has 0 atom stereocenters. The third kappa shape index (κ3) is 4.27. The number of benzene rings is 3. The number of halogens is 2. The molecule has 1 amide bonds. The molecule has 9 heteroatoms. The van der Waals surface area contributed by atoms with Crippen LogP contribution < -0.4 is 4.90 Å². The first-order valence-corrected chi connectivity index (χ1v) is 12.0. The van der Waals surface area contributed by atoms with Crippen LogP contribution >= 0.6 is 39.3 Å². The van der Waals surface area contributed by atoms with Crippen LogP contribution in [0.2, 0.25) is 5.02 Å². The van der Waals surface area contributed by atoms with Crippen molar-refractivity contribution in [2.24, 2.45) is 0 Å². The van der Waals surface area contributed by atoms with Crippen LogP contribution in [0.4, 0.5) is 17.1 Å². The Bertz CT molecular complexity index is 1480. The molecule has 1 aliphatic rings. The van der Waals surface area contributed by atoms with Gasteiger partial charge in [-0.25, -0.2) is 0 Å². The Morgan fingerprint density at radius 1 is 1.03 bits per heavy atom. The molecule has 34 heavy (non-hydrogen) atoms. The van der Waals surface area contributed by atoms with Crippen LogP contribution in [0.1, 0.15) is 5.76 Å². The Labute approximate surface area is 212 Å². The van der Waals surface area contributed by atoms with Gasteiger partial charge in [0.15, 0.2) is 0 Å². The quantitative estimate of drug-likeness (QED) is 0.145. The molecule has 6 nitrogen and oxygen atoms in total. The number of fused-ring (bicyclic) bond motifs is 2. The highest BCUT2D eigenvalue weighted by Crippen LogP contribution is 2.48. The predicted molar refractivity (Wildman–Crippen MR) is 137 cm³/mol. The van der Waals surface area contributed by atoms with Crippen molar-refractivity contribution < 1.29 is 14.1 Å². The second-order valence-corrected chi connectivity index (χ2v) is 9.75. The Kier molecular flexibility index (Phi) is 6.03. The first-order valence-electron chi connectivity index (χ1n) is 10.0. The van der Waals surface area contributed by atoms with Gasteiger partial charge in [0.05, 0.1) is 21.9 Å². The molecule has 0 aliphatic carbocycles. The van der Waals surface area contributed by atoms with Crippen molar-refractivity contribution in [3.05, 3.63) is 104 Å². The lowest BCUT2D eigenvalue weighted by Crippen LogP contribution is -2.26. The topological polar surface area (TPSA) is 76.6 Å². The van der Waals surface area contributed by atoms with Crippen molar-refractivity contribution >= 4 is 68.3 Å². The van der Waals surface area contributed by atoms with Crippen molar-refractivity contribution in [3.8, 4) is 11.3 Å². The summed E-state index contributed by atoms with van der Waals surface area (Å²) in [5.74, 6) is 0.457. The molecular formula is C25H14BrClN2O4S. The van der Waals surface area contributed by atoms with Crippen molar-refractivity contribution in [1.29, 1.82) is 0 Å². The number of rotatable bonds is 4. The summed E-state index contributed by atoms with van der Waals surface area (Å²) in [5, 5.41) is 12.0. The zero-order valence-electron chi connectivity index (χ0n) is 17.3. The summed E-state index contributed by atoms with van der Waals surface area (Å²) in [4.78, 5) is 27.8. The molecule has 4 aromatic rings. The minimum absolute atomic E-state index is 0.0776. The van der Waals surface area contributed by atoms with Gasteiger partial charge in [0.1, 0.15) is 11.5 Å². The van der Waals surface area contributed by atoms with E-state index in [1.54, 1.807) is 59.1 Å². The number of anilines is 2. The number of hydrogen-bond acceptors (Lipinski definition) is 5. The van der Waals surface area contributed by atoms with Crippen LogP contribution in [0.3, 0.4) is 0 Å². The van der Waals surface area contributed by atoms with Gasteiger partial charge in [-0.1, -0.05) is 51.4 Å². The molecule has 2 heterocycles. The Morgan fingerprint density at radius 3 is 2.65 bits per heavy atom. The van der Waals surface area contributed by atoms with Crippen LogP contribution in [0.15, 0.2) is 97.6 Å². The standard InChI is InChI=1S/C25H14BrClN2O4S/c26-15-5-9-18(20(13-15)29(31)32)22-10-7-17(33-22)8-12-25(30)28-19-3-1-2-4-23(19)34-24-11-6-16(27)14-21(24)28/h1-14H/b12-8+. The van der Waals surface area contributed by atoms with E-state index in [0.717, 1.165) is 15.5 Å². The summed E-state index contributed by atoms with van der Waals surface area (Å²) < 4.78 is 6.39. The number of carbonyl (C=O) groups excluding carboxylic acids is 1. The summed E-state index contributed by atoms with van der Waals surface area (Å²) in [7, 11) is 0. The Balaban J connectivity index is 1.46. The van der Waals surface area contributed by atoms with Crippen LogP contribution in [-0.2, 0) is 4.79 Å². The molecule has 0 N–H and O–H groups in total. The van der Waals surface area contributed by atoms with Gasteiger partial charge in [-0.3, -0.25) is 19.8 Å². The SMILES string of the molecule is O=C(/C=C/c1ccc(-c2ccc(Br)cc2[N+](=O)[O-])o1)N1c2ccccc2Sc2ccc(Cl)cc21. The first-order chi connectivity index (χ1) is 16.4.